The Hall–Kier alpha value is -1.01. The van der Waals surface area contributed by atoms with Gasteiger partial charge in [-0.05, 0) is 20.8 Å². The molecule has 3 heteroatoms. The van der Waals surface area contributed by atoms with E-state index in [0.717, 1.165) is 0 Å². The largest absolute Gasteiger partial charge is 0.342 e. The van der Waals surface area contributed by atoms with Gasteiger partial charge < -0.3 is 11.1 Å². The summed E-state index contributed by atoms with van der Waals surface area (Å²) in [5, 5.41) is 2.67. The zero-order valence-electron chi connectivity index (χ0n) is 7.85. The van der Waals surface area contributed by atoms with Crippen LogP contribution in [0, 0.1) is 17.8 Å². The molecular weight excluding hydrogens is 152 g/mol. The van der Waals surface area contributed by atoms with Gasteiger partial charge in [-0.2, -0.15) is 0 Å². The smallest absolute Gasteiger partial charge is 0.227 e. The first-order chi connectivity index (χ1) is 5.44. The van der Waals surface area contributed by atoms with Gasteiger partial charge in [0.1, 0.15) is 0 Å². The van der Waals surface area contributed by atoms with E-state index in [1.165, 1.54) is 0 Å². The van der Waals surface area contributed by atoms with E-state index in [4.69, 9.17) is 12.2 Å². The summed E-state index contributed by atoms with van der Waals surface area (Å²) in [6, 6.07) is -0.233. The fraction of sp³-hybridized carbons (Fsp3) is 0.667. The molecular formula is C9H16N2O. The van der Waals surface area contributed by atoms with E-state index >= 15 is 0 Å². The first-order valence-corrected chi connectivity index (χ1v) is 3.91. The van der Waals surface area contributed by atoms with Gasteiger partial charge in [0.05, 0.1) is 11.5 Å². The molecule has 0 aromatic carbocycles. The monoisotopic (exact) mass is 168 g/mol. The van der Waals surface area contributed by atoms with Gasteiger partial charge >= 0.3 is 0 Å². The molecule has 3 nitrogen and oxygen atoms in total. The molecule has 12 heavy (non-hydrogen) atoms. The molecule has 1 atom stereocenters. The van der Waals surface area contributed by atoms with Crippen molar-refractivity contribution in [3.8, 4) is 12.3 Å². The van der Waals surface area contributed by atoms with Crippen LogP contribution < -0.4 is 11.1 Å². The van der Waals surface area contributed by atoms with Crippen molar-refractivity contribution in [3.63, 3.8) is 0 Å². The average molecular weight is 168 g/mol. The normalized spacial score (nSPS) is 13.2. The fourth-order valence-corrected chi connectivity index (χ4v) is 0.526. The van der Waals surface area contributed by atoms with E-state index in [1.54, 1.807) is 20.8 Å². The first-order valence-electron chi connectivity index (χ1n) is 3.91. The second-order valence-corrected chi connectivity index (χ2v) is 3.45. The highest BCUT2D eigenvalue weighted by Crippen LogP contribution is 2.12. The maximum atomic E-state index is 11.4. The van der Waals surface area contributed by atoms with Crippen LogP contribution in [0.4, 0.5) is 0 Å². The molecule has 0 radical (unpaired) electrons. The summed E-state index contributed by atoms with van der Waals surface area (Å²) >= 11 is 0. The van der Waals surface area contributed by atoms with Crippen LogP contribution in [0.25, 0.3) is 0 Å². The topological polar surface area (TPSA) is 55.1 Å². The summed E-state index contributed by atoms with van der Waals surface area (Å²) in [6.07, 6.45) is 5.11. The van der Waals surface area contributed by atoms with Crippen LogP contribution in [0.5, 0.6) is 0 Å². The van der Waals surface area contributed by atoms with Crippen LogP contribution in [0.2, 0.25) is 0 Å². The lowest BCUT2D eigenvalue weighted by Crippen LogP contribution is -2.44. The first kappa shape index (κ1) is 11.0. The van der Waals surface area contributed by atoms with E-state index in [1.807, 2.05) is 0 Å². The van der Waals surface area contributed by atoms with E-state index < -0.39 is 5.41 Å². The maximum Gasteiger partial charge on any atom is 0.227 e. The van der Waals surface area contributed by atoms with Gasteiger partial charge in [-0.1, -0.05) is 5.92 Å². The Morgan fingerprint density at radius 3 is 2.58 bits per heavy atom. The van der Waals surface area contributed by atoms with Crippen molar-refractivity contribution in [2.45, 2.75) is 26.8 Å². The molecule has 0 saturated carbocycles. The minimum absolute atomic E-state index is 0.101. The van der Waals surface area contributed by atoms with Crippen LogP contribution in [0.1, 0.15) is 20.8 Å². The number of nitrogens with one attached hydrogen (secondary N) is 1. The number of hydrogen-bond acceptors (Lipinski definition) is 2. The Morgan fingerprint density at radius 1 is 1.75 bits per heavy atom. The minimum Gasteiger partial charge on any atom is -0.342 e. The molecule has 0 aliphatic rings. The molecule has 0 aromatic rings. The standard InChI is InChI=1S/C9H16N2O/c1-5-7(2)11-8(12)9(3,4)6-10/h1,7H,6,10H2,2-4H3,(H,11,12). The quantitative estimate of drug-likeness (QED) is 0.588. The Morgan fingerprint density at radius 2 is 2.25 bits per heavy atom. The number of terminal acetylenes is 1. The molecule has 0 fully saturated rings. The third kappa shape index (κ3) is 2.93. The van der Waals surface area contributed by atoms with Crippen molar-refractivity contribution in [2.75, 3.05) is 6.54 Å². The van der Waals surface area contributed by atoms with Crippen LogP contribution in [-0.4, -0.2) is 18.5 Å². The lowest BCUT2D eigenvalue weighted by molar-refractivity contribution is -0.129. The van der Waals surface area contributed by atoms with Gasteiger partial charge in [-0.3, -0.25) is 4.79 Å². The van der Waals surface area contributed by atoms with Crippen LogP contribution >= 0.6 is 0 Å². The van der Waals surface area contributed by atoms with Crippen LogP contribution in [0.3, 0.4) is 0 Å². The number of hydrogen-bond donors (Lipinski definition) is 2. The molecule has 1 unspecified atom stereocenters. The van der Waals surface area contributed by atoms with Gasteiger partial charge in [0, 0.05) is 6.54 Å². The average Bonchev–Trinajstić information content (AvgIpc) is 2.04. The van der Waals surface area contributed by atoms with E-state index in [2.05, 4.69) is 11.2 Å². The number of nitrogens with two attached hydrogens (primary N) is 1. The summed E-state index contributed by atoms with van der Waals surface area (Å²) in [6.45, 7) is 5.64. The molecule has 0 spiro atoms. The third-order valence-corrected chi connectivity index (χ3v) is 1.72. The highest BCUT2D eigenvalue weighted by atomic mass is 16.2. The zero-order valence-corrected chi connectivity index (χ0v) is 7.85. The molecule has 0 saturated heterocycles. The summed E-state index contributed by atoms with van der Waals surface area (Å²) in [5.41, 5.74) is 4.88. The second kappa shape index (κ2) is 4.13. The molecule has 0 bridgehead atoms. The van der Waals surface area contributed by atoms with Crippen molar-refractivity contribution < 1.29 is 4.79 Å². The van der Waals surface area contributed by atoms with Crippen molar-refractivity contribution in [2.24, 2.45) is 11.1 Å². The van der Waals surface area contributed by atoms with Gasteiger partial charge in [0.15, 0.2) is 0 Å². The maximum absolute atomic E-state index is 11.4. The van der Waals surface area contributed by atoms with Gasteiger partial charge in [0.25, 0.3) is 0 Å². The second-order valence-electron chi connectivity index (χ2n) is 3.45. The summed E-state index contributed by atoms with van der Waals surface area (Å²) in [7, 11) is 0. The highest BCUT2D eigenvalue weighted by Gasteiger charge is 2.26. The Balaban J connectivity index is 4.15. The molecule has 0 aliphatic heterocycles. The molecule has 0 aliphatic carbocycles. The van der Waals surface area contributed by atoms with E-state index in [0.29, 0.717) is 6.54 Å². The predicted octanol–water partition coefficient (Wildman–Crippen LogP) is 0.109. The molecule has 3 N–H and O–H groups in total. The molecule has 68 valence electrons. The number of rotatable bonds is 3. The number of carbonyl (C=O) groups excluding carboxylic acids is 1. The van der Waals surface area contributed by atoms with Gasteiger partial charge in [-0.25, -0.2) is 0 Å². The van der Waals surface area contributed by atoms with E-state index in [-0.39, 0.29) is 11.9 Å². The molecule has 0 aromatic heterocycles. The number of carbonyl (C=O) groups is 1. The van der Waals surface area contributed by atoms with Crippen molar-refractivity contribution in [3.05, 3.63) is 0 Å². The molecule has 0 heterocycles. The summed E-state index contributed by atoms with van der Waals surface area (Å²) < 4.78 is 0. The Labute approximate surface area is 73.7 Å². The Bertz CT molecular complexity index is 203. The van der Waals surface area contributed by atoms with Gasteiger partial charge in [-0.15, -0.1) is 6.42 Å². The Kier molecular flexibility index (Phi) is 3.78. The zero-order chi connectivity index (χ0) is 9.78. The SMILES string of the molecule is C#CC(C)NC(=O)C(C)(C)CN. The molecule has 0 rings (SSSR count). The summed E-state index contributed by atoms with van der Waals surface area (Å²) in [5.74, 6) is 2.32. The fourth-order valence-electron chi connectivity index (χ4n) is 0.526. The lowest BCUT2D eigenvalue weighted by Gasteiger charge is -2.22. The van der Waals surface area contributed by atoms with Crippen LogP contribution in [-0.2, 0) is 4.79 Å². The summed E-state index contributed by atoms with van der Waals surface area (Å²) in [4.78, 5) is 11.4. The number of amides is 1. The van der Waals surface area contributed by atoms with E-state index in [9.17, 15) is 4.79 Å². The van der Waals surface area contributed by atoms with Crippen molar-refractivity contribution >= 4 is 5.91 Å². The minimum atomic E-state index is -0.537. The van der Waals surface area contributed by atoms with Gasteiger partial charge in [0.2, 0.25) is 5.91 Å². The lowest BCUT2D eigenvalue weighted by atomic mass is 9.92. The highest BCUT2D eigenvalue weighted by molar-refractivity contribution is 5.82. The van der Waals surface area contributed by atoms with Crippen LogP contribution in [0.15, 0.2) is 0 Å². The third-order valence-electron chi connectivity index (χ3n) is 1.72. The molecule has 1 amide bonds. The van der Waals surface area contributed by atoms with Crippen molar-refractivity contribution in [1.29, 1.82) is 0 Å². The predicted molar refractivity (Wildman–Crippen MR) is 49.3 cm³/mol. The van der Waals surface area contributed by atoms with Crippen molar-refractivity contribution in [1.82, 2.24) is 5.32 Å².